The number of hydrogen-bond acceptors (Lipinski definition) is 4. The number of hydrogen-bond donors (Lipinski definition) is 1. The van der Waals surface area contributed by atoms with Gasteiger partial charge in [0, 0.05) is 31.7 Å². The zero-order valence-corrected chi connectivity index (χ0v) is 12.4. The molecule has 1 N–H and O–H groups in total. The zero-order valence-electron chi connectivity index (χ0n) is 12.4. The molecule has 4 nitrogen and oxygen atoms in total. The normalized spacial score (nSPS) is 26.3. The SMILES string of the molecule is COc1cc(CN2CC3CCCNC3C2)cc(OC)c1. The van der Waals surface area contributed by atoms with Gasteiger partial charge in [-0.05, 0) is 43.0 Å². The molecule has 2 aliphatic rings. The highest BCUT2D eigenvalue weighted by Gasteiger charge is 2.33. The summed E-state index contributed by atoms with van der Waals surface area (Å²) in [5.74, 6) is 2.57. The van der Waals surface area contributed by atoms with Crippen LogP contribution in [0.25, 0.3) is 0 Å². The fourth-order valence-electron chi connectivity index (χ4n) is 3.48. The number of piperidine rings is 1. The van der Waals surface area contributed by atoms with Gasteiger partial charge in [0.25, 0.3) is 0 Å². The third kappa shape index (κ3) is 2.91. The molecule has 2 unspecified atom stereocenters. The Bertz CT molecular complexity index is 428. The molecule has 2 fully saturated rings. The van der Waals surface area contributed by atoms with E-state index >= 15 is 0 Å². The van der Waals surface area contributed by atoms with Crippen molar-refractivity contribution in [2.45, 2.75) is 25.4 Å². The minimum Gasteiger partial charge on any atom is -0.497 e. The number of methoxy groups -OCH3 is 2. The van der Waals surface area contributed by atoms with Crippen LogP contribution in [-0.2, 0) is 6.54 Å². The van der Waals surface area contributed by atoms with E-state index in [0.717, 1.165) is 30.5 Å². The van der Waals surface area contributed by atoms with Gasteiger partial charge in [-0.3, -0.25) is 4.90 Å². The van der Waals surface area contributed by atoms with Crippen LogP contribution in [0.15, 0.2) is 18.2 Å². The standard InChI is InChI=1S/C16H24N2O2/c1-19-14-6-12(7-15(8-14)20-2)9-18-10-13-4-3-5-17-16(13)11-18/h6-8,13,16-17H,3-5,9-11H2,1-2H3. The molecular weight excluding hydrogens is 252 g/mol. The molecule has 2 saturated heterocycles. The third-order valence-corrected chi connectivity index (χ3v) is 4.49. The lowest BCUT2D eigenvalue weighted by molar-refractivity contribution is 0.311. The summed E-state index contributed by atoms with van der Waals surface area (Å²) in [5.41, 5.74) is 1.26. The molecule has 3 rings (SSSR count). The summed E-state index contributed by atoms with van der Waals surface area (Å²) in [6.07, 6.45) is 2.69. The maximum Gasteiger partial charge on any atom is 0.122 e. The van der Waals surface area contributed by atoms with Crippen LogP contribution in [0.1, 0.15) is 18.4 Å². The monoisotopic (exact) mass is 276 g/mol. The van der Waals surface area contributed by atoms with Gasteiger partial charge in [0.1, 0.15) is 11.5 Å². The van der Waals surface area contributed by atoms with Crippen LogP contribution in [0.2, 0.25) is 0 Å². The van der Waals surface area contributed by atoms with Gasteiger partial charge in [-0.2, -0.15) is 0 Å². The van der Waals surface area contributed by atoms with Crippen LogP contribution in [-0.4, -0.2) is 44.8 Å². The summed E-state index contributed by atoms with van der Waals surface area (Å²) in [6, 6.07) is 6.83. The molecule has 4 heteroatoms. The molecule has 2 aliphatic heterocycles. The molecule has 0 amide bonds. The molecule has 2 heterocycles. The first-order chi connectivity index (χ1) is 9.78. The highest BCUT2D eigenvalue weighted by Crippen LogP contribution is 2.28. The highest BCUT2D eigenvalue weighted by molar-refractivity contribution is 5.38. The summed E-state index contributed by atoms with van der Waals surface area (Å²) >= 11 is 0. The van der Waals surface area contributed by atoms with E-state index in [1.165, 1.54) is 31.5 Å². The Kier molecular flexibility index (Phi) is 4.13. The van der Waals surface area contributed by atoms with E-state index in [9.17, 15) is 0 Å². The van der Waals surface area contributed by atoms with Crippen molar-refractivity contribution in [1.82, 2.24) is 10.2 Å². The van der Waals surface area contributed by atoms with Gasteiger partial charge < -0.3 is 14.8 Å². The van der Waals surface area contributed by atoms with E-state index in [0.29, 0.717) is 6.04 Å². The van der Waals surface area contributed by atoms with Crippen LogP contribution < -0.4 is 14.8 Å². The van der Waals surface area contributed by atoms with Crippen molar-refractivity contribution in [2.75, 3.05) is 33.9 Å². The molecule has 0 spiro atoms. The summed E-state index contributed by atoms with van der Waals surface area (Å²) in [4.78, 5) is 2.54. The van der Waals surface area contributed by atoms with E-state index in [4.69, 9.17) is 9.47 Å². The topological polar surface area (TPSA) is 33.7 Å². The average Bonchev–Trinajstić information content (AvgIpc) is 2.88. The van der Waals surface area contributed by atoms with Crippen LogP contribution in [0, 0.1) is 5.92 Å². The quantitative estimate of drug-likeness (QED) is 0.910. The Hall–Kier alpha value is -1.26. The van der Waals surface area contributed by atoms with Crippen molar-refractivity contribution in [2.24, 2.45) is 5.92 Å². The molecule has 2 atom stereocenters. The zero-order chi connectivity index (χ0) is 13.9. The first kappa shape index (κ1) is 13.7. The van der Waals surface area contributed by atoms with E-state index < -0.39 is 0 Å². The first-order valence-corrected chi connectivity index (χ1v) is 7.46. The van der Waals surface area contributed by atoms with Crippen LogP contribution in [0.5, 0.6) is 11.5 Å². The van der Waals surface area contributed by atoms with Crippen molar-refractivity contribution < 1.29 is 9.47 Å². The maximum absolute atomic E-state index is 5.35. The lowest BCUT2D eigenvalue weighted by Crippen LogP contribution is -2.40. The Morgan fingerprint density at radius 1 is 1.15 bits per heavy atom. The smallest absolute Gasteiger partial charge is 0.122 e. The highest BCUT2D eigenvalue weighted by atomic mass is 16.5. The van der Waals surface area contributed by atoms with Crippen LogP contribution in [0.4, 0.5) is 0 Å². The second kappa shape index (κ2) is 6.02. The van der Waals surface area contributed by atoms with E-state index in [1.807, 2.05) is 6.07 Å². The van der Waals surface area contributed by atoms with Crippen molar-refractivity contribution in [3.63, 3.8) is 0 Å². The molecule has 0 aromatic heterocycles. The predicted octanol–water partition coefficient (Wildman–Crippen LogP) is 1.89. The Labute approximate surface area is 121 Å². The predicted molar refractivity (Wildman–Crippen MR) is 79.3 cm³/mol. The molecule has 110 valence electrons. The number of fused-ring (bicyclic) bond motifs is 1. The fourth-order valence-corrected chi connectivity index (χ4v) is 3.48. The van der Waals surface area contributed by atoms with Gasteiger partial charge in [-0.15, -0.1) is 0 Å². The summed E-state index contributed by atoms with van der Waals surface area (Å²) < 4.78 is 10.7. The van der Waals surface area contributed by atoms with E-state index in [2.05, 4.69) is 22.3 Å². The number of likely N-dealkylation sites (tertiary alicyclic amines) is 1. The van der Waals surface area contributed by atoms with Gasteiger partial charge in [-0.25, -0.2) is 0 Å². The van der Waals surface area contributed by atoms with E-state index in [-0.39, 0.29) is 0 Å². The van der Waals surface area contributed by atoms with Gasteiger partial charge in [0.15, 0.2) is 0 Å². The lowest BCUT2D eigenvalue weighted by atomic mass is 9.94. The number of ether oxygens (including phenoxy) is 2. The fraction of sp³-hybridized carbons (Fsp3) is 0.625. The number of rotatable bonds is 4. The van der Waals surface area contributed by atoms with Crippen molar-refractivity contribution in [3.8, 4) is 11.5 Å². The Morgan fingerprint density at radius 2 is 1.90 bits per heavy atom. The van der Waals surface area contributed by atoms with Gasteiger partial charge in [-0.1, -0.05) is 0 Å². The molecular formula is C16H24N2O2. The van der Waals surface area contributed by atoms with Gasteiger partial charge in [0.05, 0.1) is 14.2 Å². The average molecular weight is 276 g/mol. The Balaban J connectivity index is 1.68. The molecule has 20 heavy (non-hydrogen) atoms. The van der Waals surface area contributed by atoms with E-state index in [1.54, 1.807) is 14.2 Å². The molecule has 0 saturated carbocycles. The minimum atomic E-state index is 0.691. The molecule has 1 aromatic carbocycles. The second-order valence-corrected chi connectivity index (χ2v) is 5.88. The molecule has 1 aromatic rings. The molecule has 0 bridgehead atoms. The minimum absolute atomic E-state index is 0.691. The number of benzene rings is 1. The second-order valence-electron chi connectivity index (χ2n) is 5.88. The molecule has 0 aliphatic carbocycles. The van der Waals surface area contributed by atoms with Crippen molar-refractivity contribution >= 4 is 0 Å². The van der Waals surface area contributed by atoms with Gasteiger partial charge in [0.2, 0.25) is 0 Å². The van der Waals surface area contributed by atoms with Gasteiger partial charge >= 0.3 is 0 Å². The van der Waals surface area contributed by atoms with Crippen LogP contribution in [0.3, 0.4) is 0 Å². The third-order valence-electron chi connectivity index (χ3n) is 4.49. The summed E-state index contributed by atoms with van der Waals surface area (Å²) in [7, 11) is 3.40. The first-order valence-electron chi connectivity index (χ1n) is 7.46. The molecule has 0 radical (unpaired) electrons. The van der Waals surface area contributed by atoms with Crippen molar-refractivity contribution in [1.29, 1.82) is 0 Å². The summed E-state index contributed by atoms with van der Waals surface area (Å²) in [5, 5.41) is 3.65. The van der Waals surface area contributed by atoms with Crippen molar-refractivity contribution in [3.05, 3.63) is 23.8 Å². The summed E-state index contributed by atoms with van der Waals surface area (Å²) in [6.45, 7) is 4.52. The lowest BCUT2D eigenvalue weighted by Gasteiger charge is -2.24. The Morgan fingerprint density at radius 3 is 2.55 bits per heavy atom. The number of nitrogens with one attached hydrogen (secondary N) is 1. The maximum atomic E-state index is 5.35. The number of nitrogens with zero attached hydrogens (tertiary/aromatic N) is 1. The van der Waals surface area contributed by atoms with Crippen LogP contribution >= 0.6 is 0 Å². The largest absolute Gasteiger partial charge is 0.497 e.